The molecule has 0 bridgehead atoms. The summed E-state index contributed by atoms with van der Waals surface area (Å²) in [6, 6.07) is 7.94. The molecule has 0 aliphatic heterocycles. The van der Waals surface area contributed by atoms with Crippen LogP contribution in [0.1, 0.15) is 43.3 Å². The summed E-state index contributed by atoms with van der Waals surface area (Å²) >= 11 is 0. The fourth-order valence-corrected chi connectivity index (χ4v) is 4.13. The monoisotopic (exact) mass is 430 g/mol. The van der Waals surface area contributed by atoms with E-state index in [-0.39, 0.29) is 6.04 Å². The second kappa shape index (κ2) is 7.71. The normalized spacial score (nSPS) is 13.5. The summed E-state index contributed by atoms with van der Waals surface area (Å²) in [4.78, 5) is 9.34. The molecule has 1 unspecified atom stereocenters. The Kier molecular flexibility index (Phi) is 4.84. The SMILES string of the molecule is Cc1noc(C)c1-c1cnc2c(-c3cnn(C(C)F)c3)cn([C@H](C)c3ccccn3)c2c1. The highest BCUT2D eigenvalue weighted by Gasteiger charge is 2.21. The van der Waals surface area contributed by atoms with Gasteiger partial charge in [-0.3, -0.25) is 9.97 Å². The number of aromatic nitrogens is 6. The van der Waals surface area contributed by atoms with Crippen LogP contribution in [0.15, 0.2) is 59.8 Å². The van der Waals surface area contributed by atoms with E-state index in [1.807, 2.05) is 44.4 Å². The predicted octanol–water partition coefficient (Wildman–Crippen LogP) is 5.66. The Labute approximate surface area is 184 Å². The number of rotatable bonds is 5. The van der Waals surface area contributed by atoms with Crippen LogP contribution in [0.3, 0.4) is 0 Å². The van der Waals surface area contributed by atoms with E-state index in [4.69, 9.17) is 9.51 Å². The maximum Gasteiger partial charge on any atom is 0.188 e. The van der Waals surface area contributed by atoms with Crippen molar-refractivity contribution in [2.75, 3.05) is 0 Å². The molecule has 5 rings (SSSR count). The molecule has 0 N–H and O–H groups in total. The Balaban J connectivity index is 1.73. The van der Waals surface area contributed by atoms with E-state index in [0.717, 1.165) is 50.4 Å². The highest BCUT2D eigenvalue weighted by molar-refractivity contribution is 5.95. The Hall–Kier alpha value is -3.81. The molecule has 0 fully saturated rings. The average Bonchev–Trinajstić information content (AvgIpc) is 3.50. The first kappa shape index (κ1) is 20.1. The summed E-state index contributed by atoms with van der Waals surface area (Å²) < 4.78 is 22.6. The highest BCUT2D eigenvalue weighted by atomic mass is 19.1. The van der Waals surface area contributed by atoms with Crippen LogP contribution in [0, 0.1) is 13.8 Å². The van der Waals surface area contributed by atoms with Crippen LogP contribution < -0.4 is 0 Å². The van der Waals surface area contributed by atoms with Gasteiger partial charge in [0.2, 0.25) is 0 Å². The van der Waals surface area contributed by atoms with Crippen molar-refractivity contribution in [2.24, 2.45) is 0 Å². The van der Waals surface area contributed by atoms with Gasteiger partial charge in [0.1, 0.15) is 5.76 Å². The van der Waals surface area contributed by atoms with Gasteiger partial charge >= 0.3 is 0 Å². The van der Waals surface area contributed by atoms with Crippen molar-refractivity contribution < 1.29 is 8.91 Å². The van der Waals surface area contributed by atoms with Crippen molar-refractivity contribution in [1.82, 2.24) is 29.5 Å². The first-order valence-electron chi connectivity index (χ1n) is 10.5. The minimum absolute atomic E-state index is 0.0377. The quantitative estimate of drug-likeness (QED) is 0.359. The van der Waals surface area contributed by atoms with Crippen molar-refractivity contribution >= 4 is 11.0 Å². The fourth-order valence-electron chi connectivity index (χ4n) is 4.13. The summed E-state index contributed by atoms with van der Waals surface area (Å²) in [6.07, 6.45) is 7.83. The van der Waals surface area contributed by atoms with E-state index in [1.54, 1.807) is 18.6 Å². The summed E-state index contributed by atoms with van der Waals surface area (Å²) in [5, 5.41) is 8.25. The second-order valence-electron chi connectivity index (χ2n) is 7.95. The molecule has 2 atom stereocenters. The van der Waals surface area contributed by atoms with Crippen molar-refractivity contribution in [1.29, 1.82) is 0 Å². The molecule has 0 aliphatic carbocycles. The molecule has 0 radical (unpaired) electrons. The van der Waals surface area contributed by atoms with Gasteiger partial charge in [0.15, 0.2) is 6.30 Å². The number of alkyl halides is 1. The molecule has 5 aromatic rings. The van der Waals surface area contributed by atoms with Gasteiger partial charge in [0.05, 0.1) is 34.7 Å². The first-order chi connectivity index (χ1) is 15.4. The molecule has 32 heavy (non-hydrogen) atoms. The van der Waals surface area contributed by atoms with E-state index in [1.165, 1.54) is 11.6 Å². The predicted molar refractivity (Wildman–Crippen MR) is 120 cm³/mol. The maximum absolute atomic E-state index is 13.8. The summed E-state index contributed by atoms with van der Waals surface area (Å²) in [7, 11) is 0. The van der Waals surface area contributed by atoms with Crippen LogP contribution in [0.2, 0.25) is 0 Å². The molecule has 0 aliphatic rings. The number of aryl methyl sites for hydroxylation is 2. The van der Waals surface area contributed by atoms with E-state index < -0.39 is 6.30 Å². The smallest absolute Gasteiger partial charge is 0.188 e. The number of halogens is 1. The molecule has 0 saturated heterocycles. The molecule has 5 heterocycles. The minimum atomic E-state index is -1.20. The molecular formula is C24H23FN6O. The van der Waals surface area contributed by atoms with Crippen molar-refractivity contribution in [3.05, 3.63) is 72.4 Å². The molecule has 0 amide bonds. The minimum Gasteiger partial charge on any atom is -0.361 e. The maximum atomic E-state index is 13.8. The van der Waals surface area contributed by atoms with Gasteiger partial charge in [-0.25, -0.2) is 9.07 Å². The zero-order chi connectivity index (χ0) is 22.4. The highest BCUT2D eigenvalue weighted by Crippen LogP contribution is 2.36. The Morgan fingerprint density at radius 2 is 1.88 bits per heavy atom. The lowest BCUT2D eigenvalue weighted by molar-refractivity contribution is 0.245. The number of hydrogen-bond donors (Lipinski definition) is 0. The van der Waals surface area contributed by atoms with E-state index >= 15 is 0 Å². The lowest BCUT2D eigenvalue weighted by atomic mass is 10.1. The molecule has 0 aromatic carbocycles. The zero-order valence-corrected chi connectivity index (χ0v) is 18.3. The number of nitrogens with zero attached hydrogens (tertiary/aromatic N) is 6. The largest absolute Gasteiger partial charge is 0.361 e. The zero-order valence-electron chi connectivity index (χ0n) is 18.3. The van der Waals surface area contributed by atoms with Crippen LogP contribution in [0.4, 0.5) is 4.39 Å². The topological polar surface area (TPSA) is 74.6 Å². The van der Waals surface area contributed by atoms with Gasteiger partial charge in [-0.15, -0.1) is 0 Å². The molecule has 162 valence electrons. The van der Waals surface area contributed by atoms with Crippen molar-refractivity contribution in [3.63, 3.8) is 0 Å². The van der Waals surface area contributed by atoms with Gasteiger partial charge in [-0.2, -0.15) is 5.10 Å². The van der Waals surface area contributed by atoms with Gasteiger partial charge in [-0.05, 0) is 45.9 Å². The van der Waals surface area contributed by atoms with Crippen molar-refractivity contribution in [3.8, 4) is 22.3 Å². The Bertz CT molecular complexity index is 1380. The first-order valence-corrected chi connectivity index (χ1v) is 10.5. The van der Waals surface area contributed by atoms with Gasteiger partial charge in [0, 0.05) is 47.0 Å². The molecule has 0 saturated carbocycles. The number of pyridine rings is 2. The van der Waals surface area contributed by atoms with E-state index in [0.29, 0.717) is 0 Å². The second-order valence-corrected chi connectivity index (χ2v) is 7.95. The lowest BCUT2D eigenvalue weighted by Crippen LogP contribution is -2.07. The molecular weight excluding hydrogens is 407 g/mol. The summed E-state index contributed by atoms with van der Waals surface area (Å²) in [5.41, 5.74) is 7.08. The molecule has 5 aromatic heterocycles. The van der Waals surface area contributed by atoms with Crippen LogP contribution in [0.5, 0.6) is 0 Å². The molecule has 8 heteroatoms. The standard InChI is InChI=1S/C24H23FN6O/c1-14-23(16(3)32-29-14)18-9-22-24(27-10-18)20(19-11-28-31(12-19)17(4)25)13-30(22)15(2)21-7-5-6-8-26-21/h5-13,15,17H,1-4H3/t15-,17?/m1/s1. The third kappa shape index (κ3) is 3.28. The van der Waals surface area contributed by atoms with E-state index in [2.05, 4.69) is 32.8 Å². The van der Waals surface area contributed by atoms with Crippen LogP contribution in [-0.4, -0.2) is 29.5 Å². The summed E-state index contributed by atoms with van der Waals surface area (Å²) in [5.74, 6) is 0.748. The van der Waals surface area contributed by atoms with Crippen LogP contribution in [0.25, 0.3) is 33.3 Å². The summed E-state index contributed by atoms with van der Waals surface area (Å²) in [6.45, 7) is 7.37. The van der Waals surface area contributed by atoms with Crippen molar-refractivity contribution in [2.45, 2.75) is 40.0 Å². The number of fused-ring (bicyclic) bond motifs is 1. The third-order valence-electron chi connectivity index (χ3n) is 5.80. The van der Waals surface area contributed by atoms with Crippen LogP contribution in [-0.2, 0) is 0 Å². The van der Waals surface area contributed by atoms with Gasteiger partial charge < -0.3 is 9.09 Å². The average molecular weight is 430 g/mol. The number of hydrogen-bond acceptors (Lipinski definition) is 5. The third-order valence-corrected chi connectivity index (χ3v) is 5.80. The molecule has 7 nitrogen and oxygen atoms in total. The van der Waals surface area contributed by atoms with Crippen LogP contribution >= 0.6 is 0 Å². The van der Waals surface area contributed by atoms with Gasteiger partial charge in [-0.1, -0.05) is 11.2 Å². The molecule has 0 spiro atoms. The Morgan fingerprint density at radius 3 is 2.53 bits per heavy atom. The lowest BCUT2D eigenvalue weighted by Gasteiger charge is -2.15. The van der Waals surface area contributed by atoms with E-state index in [9.17, 15) is 4.39 Å². The van der Waals surface area contributed by atoms with Gasteiger partial charge in [0.25, 0.3) is 0 Å². The fraction of sp³-hybridized carbons (Fsp3) is 0.250. The Morgan fingerprint density at radius 1 is 1.03 bits per heavy atom.